The molecule has 0 fully saturated rings. The van der Waals surface area contributed by atoms with Crippen LogP contribution in [0, 0.1) is 13.8 Å². The van der Waals surface area contributed by atoms with E-state index in [2.05, 4.69) is 11.9 Å². The van der Waals surface area contributed by atoms with Crippen molar-refractivity contribution in [2.45, 2.75) is 46.3 Å². The Hall–Kier alpha value is -0.450. The number of aryl methyl sites for hydroxylation is 2. The summed E-state index contributed by atoms with van der Waals surface area (Å²) in [6.45, 7) is 8.77. The van der Waals surface area contributed by atoms with Crippen molar-refractivity contribution in [1.29, 1.82) is 0 Å². The summed E-state index contributed by atoms with van der Waals surface area (Å²) in [6, 6.07) is 0.0531. The Kier molecular flexibility index (Phi) is 4.70. The number of nitrogens with zero attached hydrogens (tertiary/aromatic N) is 1. The number of thiazole rings is 1. The van der Waals surface area contributed by atoms with Gasteiger partial charge in [-0.3, -0.25) is 0 Å². The van der Waals surface area contributed by atoms with E-state index in [1.807, 2.05) is 20.8 Å². The van der Waals surface area contributed by atoms with Crippen LogP contribution in [0.4, 0.5) is 0 Å². The van der Waals surface area contributed by atoms with E-state index in [1.165, 1.54) is 4.88 Å². The summed E-state index contributed by atoms with van der Waals surface area (Å²) in [4.78, 5) is 5.74. The van der Waals surface area contributed by atoms with E-state index in [9.17, 15) is 0 Å². The summed E-state index contributed by atoms with van der Waals surface area (Å²) in [6.07, 6.45) is 1.06. The lowest BCUT2D eigenvalue weighted by Crippen LogP contribution is -2.29. The predicted molar refractivity (Wildman–Crippen MR) is 64.4 cm³/mol. The van der Waals surface area contributed by atoms with Crippen molar-refractivity contribution in [3.05, 3.63) is 15.6 Å². The Labute approximate surface area is 95.7 Å². The van der Waals surface area contributed by atoms with Gasteiger partial charge < -0.3 is 10.5 Å². The standard InChI is InChI=1S/C11H20N2OS/c1-7(2)14-6-10(12)5-11-13-8(3)9(4)15-11/h7,10H,5-6,12H2,1-4H3. The fourth-order valence-corrected chi connectivity index (χ4v) is 2.25. The number of aromatic nitrogens is 1. The Morgan fingerprint density at radius 2 is 2.07 bits per heavy atom. The summed E-state index contributed by atoms with van der Waals surface area (Å²) in [5.41, 5.74) is 7.07. The van der Waals surface area contributed by atoms with E-state index in [1.54, 1.807) is 11.3 Å². The highest BCUT2D eigenvalue weighted by molar-refractivity contribution is 7.11. The Balaban J connectivity index is 2.40. The smallest absolute Gasteiger partial charge is 0.0947 e. The van der Waals surface area contributed by atoms with Crippen LogP contribution in [-0.2, 0) is 11.2 Å². The first-order valence-electron chi connectivity index (χ1n) is 5.29. The monoisotopic (exact) mass is 228 g/mol. The van der Waals surface area contributed by atoms with Gasteiger partial charge >= 0.3 is 0 Å². The lowest BCUT2D eigenvalue weighted by molar-refractivity contribution is 0.0684. The predicted octanol–water partition coefficient (Wildman–Crippen LogP) is 2.05. The van der Waals surface area contributed by atoms with Gasteiger partial charge in [-0.2, -0.15) is 0 Å². The van der Waals surface area contributed by atoms with Crippen LogP contribution in [0.2, 0.25) is 0 Å². The highest BCUT2D eigenvalue weighted by Gasteiger charge is 2.09. The molecule has 2 N–H and O–H groups in total. The molecule has 1 atom stereocenters. The van der Waals surface area contributed by atoms with Gasteiger partial charge in [0.2, 0.25) is 0 Å². The van der Waals surface area contributed by atoms with Crippen LogP contribution >= 0.6 is 11.3 Å². The van der Waals surface area contributed by atoms with Gasteiger partial charge in [-0.1, -0.05) is 0 Å². The third kappa shape index (κ3) is 4.28. The molecule has 0 aliphatic heterocycles. The lowest BCUT2D eigenvalue weighted by atomic mass is 10.2. The number of hydrogen-bond donors (Lipinski definition) is 1. The van der Waals surface area contributed by atoms with Crippen molar-refractivity contribution in [2.75, 3.05) is 6.61 Å². The molecule has 1 heterocycles. The molecule has 0 aromatic carbocycles. The van der Waals surface area contributed by atoms with Crippen molar-refractivity contribution in [3.8, 4) is 0 Å². The molecule has 1 unspecified atom stereocenters. The molecule has 0 aliphatic rings. The van der Waals surface area contributed by atoms with Crippen molar-refractivity contribution < 1.29 is 4.74 Å². The largest absolute Gasteiger partial charge is 0.377 e. The molecule has 1 aromatic rings. The first-order chi connectivity index (χ1) is 6.99. The quantitative estimate of drug-likeness (QED) is 0.839. The van der Waals surface area contributed by atoms with Gasteiger partial charge in [-0.05, 0) is 27.7 Å². The number of ether oxygens (including phenoxy) is 1. The Morgan fingerprint density at radius 3 is 2.53 bits per heavy atom. The molecule has 0 bridgehead atoms. The molecule has 0 saturated heterocycles. The minimum Gasteiger partial charge on any atom is -0.377 e. The number of rotatable bonds is 5. The molecular formula is C11H20N2OS. The minimum absolute atomic E-state index is 0.0531. The number of nitrogens with two attached hydrogens (primary N) is 1. The van der Waals surface area contributed by atoms with Crippen LogP contribution in [0.15, 0.2) is 0 Å². The van der Waals surface area contributed by atoms with Crippen LogP contribution in [0.1, 0.15) is 29.4 Å². The molecule has 15 heavy (non-hydrogen) atoms. The number of hydrogen-bond acceptors (Lipinski definition) is 4. The molecule has 0 radical (unpaired) electrons. The van der Waals surface area contributed by atoms with Crippen molar-refractivity contribution in [3.63, 3.8) is 0 Å². The van der Waals surface area contributed by atoms with Gasteiger partial charge in [0.25, 0.3) is 0 Å². The second-order valence-electron chi connectivity index (χ2n) is 4.10. The van der Waals surface area contributed by atoms with Gasteiger partial charge in [0, 0.05) is 17.3 Å². The topological polar surface area (TPSA) is 48.1 Å². The van der Waals surface area contributed by atoms with E-state index in [0.717, 1.165) is 17.1 Å². The molecule has 0 spiro atoms. The van der Waals surface area contributed by atoms with Gasteiger partial charge in [-0.15, -0.1) is 11.3 Å². The van der Waals surface area contributed by atoms with Crippen molar-refractivity contribution in [2.24, 2.45) is 5.73 Å². The van der Waals surface area contributed by atoms with Gasteiger partial charge in [-0.25, -0.2) is 4.98 Å². The lowest BCUT2D eigenvalue weighted by Gasteiger charge is -2.12. The second-order valence-corrected chi connectivity index (χ2v) is 5.38. The zero-order chi connectivity index (χ0) is 11.4. The first-order valence-corrected chi connectivity index (χ1v) is 6.10. The zero-order valence-corrected chi connectivity index (χ0v) is 10.7. The van der Waals surface area contributed by atoms with E-state index >= 15 is 0 Å². The molecular weight excluding hydrogens is 208 g/mol. The van der Waals surface area contributed by atoms with Crippen LogP contribution in [-0.4, -0.2) is 23.7 Å². The fraction of sp³-hybridized carbons (Fsp3) is 0.727. The Bertz CT molecular complexity index is 290. The molecule has 3 nitrogen and oxygen atoms in total. The van der Waals surface area contributed by atoms with Crippen molar-refractivity contribution >= 4 is 11.3 Å². The summed E-state index contributed by atoms with van der Waals surface area (Å²) < 4.78 is 5.46. The van der Waals surface area contributed by atoms with Crippen molar-refractivity contribution in [1.82, 2.24) is 4.98 Å². The fourth-order valence-electron chi connectivity index (χ4n) is 1.23. The molecule has 0 saturated carbocycles. The van der Waals surface area contributed by atoms with Gasteiger partial charge in [0.15, 0.2) is 0 Å². The summed E-state index contributed by atoms with van der Waals surface area (Å²) in [5, 5.41) is 1.12. The summed E-state index contributed by atoms with van der Waals surface area (Å²) in [5.74, 6) is 0. The highest BCUT2D eigenvalue weighted by Crippen LogP contribution is 2.17. The molecule has 1 aromatic heterocycles. The molecule has 86 valence electrons. The molecule has 1 rings (SSSR count). The summed E-state index contributed by atoms with van der Waals surface area (Å²) in [7, 11) is 0. The van der Waals surface area contributed by atoms with Crippen LogP contribution in [0.5, 0.6) is 0 Å². The molecule has 4 heteroatoms. The van der Waals surface area contributed by atoms with Crippen LogP contribution in [0.3, 0.4) is 0 Å². The third-order valence-corrected chi connectivity index (χ3v) is 3.25. The van der Waals surface area contributed by atoms with E-state index in [0.29, 0.717) is 6.61 Å². The maximum Gasteiger partial charge on any atom is 0.0947 e. The average molecular weight is 228 g/mol. The second kappa shape index (κ2) is 5.58. The van der Waals surface area contributed by atoms with Crippen LogP contribution in [0.25, 0.3) is 0 Å². The normalized spacial score (nSPS) is 13.5. The third-order valence-electron chi connectivity index (χ3n) is 2.15. The van der Waals surface area contributed by atoms with Gasteiger partial charge in [0.05, 0.1) is 23.4 Å². The SMILES string of the molecule is Cc1nc(CC(N)COC(C)C)sc1C. The highest BCUT2D eigenvalue weighted by atomic mass is 32.1. The minimum atomic E-state index is 0.0531. The molecule has 0 amide bonds. The summed E-state index contributed by atoms with van der Waals surface area (Å²) >= 11 is 1.73. The maximum atomic E-state index is 5.96. The Morgan fingerprint density at radius 1 is 1.40 bits per heavy atom. The van der Waals surface area contributed by atoms with E-state index < -0.39 is 0 Å². The van der Waals surface area contributed by atoms with E-state index in [4.69, 9.17) is 10.5 Å². The average Bonchev–Trinajstić information content (AvgIpc) is 2.42. The van der Waals surface area contributed by atoms with E-state index in [-0.39, 0.29) is 12.1 Å². The maximum absolute atomic E-state index is 5.96. The zero-order valence-electron chi connectivity index (χ0n) is 9.91. The molecule has 0 aliphatic carbocycles. The van der Waals surface area contributed by atoms with Crippen LogP contribution < -0.4 is 5.73 Å². The first kappa shape index (κ1) is 12.6. The van der Waals surface area contributed by atoms with Gasteiger partial charge in [0.1, 0.15) is 0 Å².